The molecule has 6 heteroatoms. The first-order chi connectivity index (χ1) is 1.00. The minimum atomic E-state index is 0. The maximum absolute atomic E-state index is 2.25. The molecular formula is H5BiNi3Se2. The zero-order valence-corrected chi connectivity index (χ0v) is 14.8. The van der Waals surface area contributed by atoms with Crippen LogP contribution in [0.15, 0.2) is 0 Å². The molecule has 0 atom stereocenters. The van der Waals surface area contributed by atoms with Gasteiger partial charge in [0.1, 0.15) is 0 Å². The van der Waals surface area contributed by atoms with Gasteiger partial charge in [-0.15, -0.1) is 0 Å². The molecule has 0 amide bonds. The number of hydrogen-bond acceptors (Lipinski definition) is 0. The van der Waals surface area contributed by atoms with Crippen LogP contribution < -0.4 is 0 Å². The van der Waals surface area contributed by atoms with Crippen LogP contribution in [0.1, 0.15) is 0 Å². The van der Waals surface area contributed by atoms with Crippen molar-refractivity contribution in [1.29, 1.82) is 0 Å². The van der Waals surface area contributed by atoms with Crippen molar-refractivity contribution in [2.24, 2.45) is 0 Å². The van der Waals surface area contributed by atoms with Gasteiger partial charge < -0.3 is 0 Å². The second-order valence-electron chi connectivity index (χ2n) is 0. The summed E-state index contributed by atoms with van der Waals surface area (Å²) in [5, 5.41) is 0. The summed E-state index contributed by atoms with van der Waals surface area (Å²) >= 11 is 4.50. The predicted molar refractivity (Wildman–Crippen MR) is 24.2 cm³/mol. The minimum absolute atomic E-state index is 0. The van der Waals surface area contributed by atoms with Gasteiger partial charge in [0, 0.05) is 49.5 Å². The molecule has 0 aromatic heterocycles. The quantitative estimate of drug-likeness (QED) is 0.295. The maximum atomic E-state index is 2.25. The van der Waals surface area contributed by atoms with E-state index in [0.717, 1.165) is 0 Å². The van der Waals surface area contributed by atoms with E-state index < -0.39 is 0 Å². The molecule has 0 aromatic rings. The van der Waals surface area contributed by atoms with Crippen molar-refractivity contribution in [3.8, 4) is 0 Å². The third kappa shape index (κ3) is 26.2. The molecule has 0 aliphatic rings. The Hall–Kier alpha value is 3.40. The molecule has 52 valence electrons. The Kier molecular flexibility index (Phi) is 227. The fraction of sp³-hybridized carbons (Fsp3) is 0. The van der Waals surface area contributed by atoms with Gasteiger partial charge in [-0.05, 0) is 0 Å². The molecule has 0 bridgehead atoms. The molecule has 0 unspecified atom stereocenters. The van der Waals surface area contributed by atoms with E-state index in [1.54, 1.807) is 0 Å². The van der Waals surface area contributed by atoms with Gasteiger partial charge in [0.25, 0.3) is 0 Å². The zero-order valence-electron chi connectivity index (χ0n) is 2.55. The molecule has 0 N–H and O–H groups in total. The monoisotopic (exact) mass is 548 g/mol. The van der Waals surface area contributed by atoms with E-state index in [2.05, 4.69) is 28.4 Å². The first-order valence-electron chi connectivity index (χ1n) is 0.200. The summed E-state index contributed by atoms with van der Waals surface area (Å²) in [7, 11) is 0. The van der Waals surface area contributed by atoms with Crippen molar-refractivity contribution in [2.75, 3.05) is 0 Å². The molecular weight excluding hydrogens is 543 g/mol. The summed E-state index contributed by atoms with van der Waals surface area (Å²) < 4.78 is 0. The number of rotatable bonds is 0. The number of hydrogen-bond donors (Lipinski definition) is 0. The Balaban J connectivity index is -0.000000000833. The van der Waals surface area contributed by atoms with Gasteiger partial charge in [0.2, 0.25) is 0 Å². The van der Waals surface area contributed by atoms with Crippen LogP contribution >= 0.6 is 0 Å². The molecule has 0 spiro atoms. The summed E-state index contributed by atoms with van der Waals surface area (Å²) in [4.78, 5) is 0. The molecule has 0 nitrogen and oxygen atoms in total. The van der Waals surface area contributed by atoms with E-state index in [-0.39, 0.29) is 75.7 Å². The van der Waals surface area contributed by atoms with Crippen LogP contribution in [0, 0.1) is 0 Å². The summed E-state index contributed by atoms with van der Waals surface area (Å²) in [5.74, 6) is 0. The van der Waals surface area contributed by atoms with Crippen LogP contribution in [0.25, 0.3) is 0 Å². The van der Waals surface area contributed by atoms with Crippen LogP contribution in [0.3, 0.4) is 0 Å². The van der Waals surface area contributed by atoms with E-state index in [0.29, 0.717) is 0 Å². The Labute approximate surface area is 102 Å². The first-order valence-corrected chi connectivity index (χ1v) is 5.40. The van der Waals surface area contributed by atoms with Gasteiger partial charge in [-0.3, -0.25) is 0 Å². The van der Waals surface area contributed by atoms with E-state index in [1.807, 2.05) is 0 Å². The van der Waals surface area contributed by atoms with Crippen LogP contribution in [-0.2, 0) is 49.5 Å². The van der Waals surface area contributed by atoms with E-state index in [1.165, 1.54) is 0 Å². The molecule has 0 aromatic carbocycles. The Morgan fingerprint density at radius 1 is 0.667 bits per heavy atom. The fourth-order valence-electron chi connectivity index (χ4n) is 0. The summed E-state index contributed by atoms with van der Waals surface area (Å²) in [6.45, 7) is 0. The molecule has 6 heavy (non-hydrogen) atoms. The van der Waals surface area contributed by atoms with Crippen molar-refractivity contribution in [3.05, 3.63) is 0 Å². The van der Waals surface area contributed by atoms with Gasteiger partial charge in [-0.25, -0.2) is 0 Å². The zero-order chi connectivity index (χ0) is 2.00. The predicted octanol–water partition coefficient (Wildman–Crippen LogP) is -2.49. The van der Waals surface area contributed by atoms with Gasteiger partial charge in [-0.1, -0.05) is 0 Å². The molecule has 0 saturated heterocycles. The van der Waals surface area contributed by atoms with Crippen LogP contribution in [0.2, 0.25) is 0 Å². The van der Waals surface area contributed by atoms with Crippen LogP contribution in [0.4, 0.5) is 0 Å². The SMILES string of the molecule is [BiH3].[Ni].[Ni].[Ni].[SeH][SeH]. The van der Waals surface area contributed by atoms with Crippen molar-refractivity contribution in [1.82, 2.24) is 0 Å². The molecule has 0 fully saturated rings. The topological polar surface area (TPSA) is 0 Å². The van der Waals surface area contributed by atoms with Gasteiger partial charge in [0.15, 0.2) is 0 Å². The van der Waals surface area contributed by atoms with E-state index in [9.17, 15) is 0 Å². The standard InChI is InChI=1S/Bi.3Ni.H2Se2.3H/c;;;;1-2;;;/h;;;;1-2H;;;. The third-order valence-electron chi connectivity index (χ3n) is 0. The summed E-state index contributed by atoms with van der Waals surface area (Å²) in [6, 6.07) is 0. The van der Waals surface area contributed by atoms with Gasteiger partial charge in [-0.2, -0.15) is 0 Å². The third-order valence-corrected chi connectivity index (χ3v) is 0. The van der Waals surface area contributed by atoms with Crippen LogP contribution in [0.5, 0.6) is 0 Å². The van der Waals surface area contributed by atoms with Crippen molar-refractivity contribution in [2.45, 2.75) is 0 Å². The second kappa shape index (κ2) is 39.8. The molecule has 0 rings (SSSR count). The van der Waals surface area contributed by atoms with Crippen molar-refractivity contribution < 1.29 is 49.5 Å². The molecule has 0 radical (unpaired) electrons. The van der Waals surface area contributed by atoms with Crippen molar-refractivity contribution in [3.63, 3.8) is 0 Å². The summed E-state index contributed by atoms with van der Waals surface area (Å²) in [6.07, 6.45) is 0. The summed E-state index contributed by atoms with van der Waals surface area (Å²) in [5.41, 5.74) is 0. The van der Waals surface area contributed by atoms with Crippen LogP contribution in [-0.4, -0.2) is 54.6 Å². The van der Waals surface area contributed by atoms with Crippen molar-refractivity contribution >= 4 is 54.6 Å². The Morgan fingerprint density at radius 3 is 0.667 bits per heavy atom. The average molecular weight is 548 g/mol. The van der Waals surface area contributed by atoms with E-state index >= 15 is 0 Å². The molecule has 0 heterocycles. The van der Waals surface area contributed by atoms with E-state index in [4.69, 9.17) is 0 Å². The molecule has 0 aliphatic heterocycles. The molecule has 0 aliphatic carbocycles. The second-order valence-corrected chi connectivity index (χ2v) is 0. The molecule has 0 saturated carbocycles. The van der Waals surface area contributed by atoms with Gasteiger partial charge in [0.05, 0.1) is 0 Å². The normalized spacial score (nSPS) is 1.00. The first kappa shape index (κ1) is 34.2. The Bertz CT molecular complexity index is 8.75. The fourth-order valence-corrected chi connectivity index (χ4v) is 0. The van der Waals surface area contributed by atoms with Gasteiger partial charge >= 0.3 is 54.6 Å². The Morgan fingerprint density at radius 2 is 0.667 bits per heavy atom. The average Bonchev–Trinajstić information content (AvgIpc) is 1.00.